The quantitative estimate of drug-likeness (QED) is 0.789. The zero-order chi connectivity index (χ0) is 20.6. The van der Waals surface area contributed by atoms with Crippen LogP contribution in [-0.2, 0) is 13.0 Å². The summed E-state index contributed by atoms with van der Waals surface area (Å²) in [5.74, 6) is 1.86. The first-order chi connectivity index (χ1) is 13.9. The number of aromatic nitrogens is 2. The van der Waals surface area contributed by atoms with Crippen molar-refractivity contribution in [3.05, 3.63) is 45.6 Å². The average Bonchev–Trinajstić information content (AvgIpc) is 2.70. The van der Waals surface area contributed by atoms with E-state index in [1.54, 1.807) is 0 Å². The number of anilines is 2. The van der Waals surface area contributed by atoms with Crippen LogP contribution in [0.1, 0.15) is 24.1 Å². The van der Waals surface area contributed by atoms with Crippen LogP contribution in [0.2, 0.25) is 10.0 Å². The number of nitrogens with one attached hydrogen (secondary N) is 1. The van der Waals surface area contributed by atoms with E-state index in [0.29, 0.717) is 16.6 Å². The van der Waals surface area contributed by atoms with Gasteiger partial charge in [-0.15, -0.1) is 5.10 Å². The lowest BCUT2D eigenvalue weighted by molar-refractivity contribution is 0.178. The number of hydrogen-bond acceptors (Lipinski definition) is 5. The van der Waals surface area contributed by atoms with Gasteiger partial charge < -0.3 is 15.1 Å². The van der Waals surface area contributed by atoms with Crippen LogP contribution in [0, 0.1) is 5.41 Å². The van der Waals surface area contributed by atoms with Gasteiger partial charge in [-0.3, -0.25) is 4.99 Å². The molecule has 0 bridgehead atoms. The second kappa shape index (κ2) is 8.09. The maximum Gasteiger partial charge on any atom is 0.150 e. The van der Waals surface area contributed by atoms with Crippen molar-refractivity contribution >= 4 is 40.5 Å². The molecule has 29 heavy (non-hydrogen) atoms. The maximum atomic E-state index is 6.29. The van der Waals surface area contributed by atoms with Gasteiger partial charge >= 0.3 is 0 Å². The summed E-state index contributed by atoms with van der Waals surface area (Å²) >= 11 is 12.6. The van der Waals surface area contributed by atoms with E-state index < -0.39 is 0 Å². The van der Waals surface area contributed by atoms with Gasteiger partial charge in [-0.25, -0.2) is 0 Å². The Hall–Kier alpha value is -1.89. The molecule has 0 radical (unpaired) electrons. The summed E-state index contributed by atoms with van der Waals surface area (Å²) in [6, 6.07) is 7.86. The smallest absolute Gasteiger partial charge is 0.150 e. The lowest BCUT2D eigenvalue weighted by Crippen LogP contribution is -2.49. The van der Waals surface area contributed by atoms with Crippen LogP contribution in [-0.4, -0.2) is 55.2 Å². The molecule has 0 amide bonds. The molecule has 0 atom stereocenters. The summed E-state index contributed by atoms with van der Waals surface area (Å²) < 4.78 is 0. The highest BCUT2D eigenvalue weighted by Crippen LogP contribution is 2.44. The Morgan fingerprint density at radius 3 is 2.52 bits per heavy atom. The SMILES string of the molecule is CN1CCC2(CC1)Cc1cc(Cl)c(Cl)cc1NC2=NCc1ccc(N(C)C)nn1. The predicted molar refractivity (Wildman–Crippen MR) is 120 cm³/mol. The van der Waals surface area contributed by atoms with Crippen molar-refractivity contribution in [1.82, 2.24) is 15.1 Å². The van der Waals surface area contributed by atoms with E-state index >= 15 is 0 Å². The Bertz CT molecular complexity index is 918. The highest BCUT2D eigenvalue weighted by atomic mass is 35.5. The largest absolute Gasteiger partial charge is 0.361 e. The van der Waals surface area contributed by atoms with Crippen molar-refractivity contribution in [1.29, 1.82) is 0 Å². The van der Waals surface area contributed by atoms with E-state index in [4.69, 9.17) is 28.2 Å². The van der Waals surface area contributed by atoms with Crippen molar-refractivity contribution in [3.8, 4) is 0 Å². The molecular formula is C21H26Cl2N6. The van der Waals surface area contributed by atoms with Crippen LogP contribution in [0.3, 0.4) is 0 Å². The molecule has 0 unspecified atom stereocenters. The summed E-state index contributed by atoms with van der Waals surface area (Å²) in [4.78, 5) is 9.28. The van der Waals surface area contributed by atoms with Crippen LogP contribution in [0.4, 0.5) is 11.5 Å². The summed E-state index contributed by atoms with van der Waals surface area (Å²) in [6.45, 7) is 2.60. The maximum absolute atomic E-state index is 6.29. The summed E-state index contributed by atoms with van der Waals surface area (Å²) in [7, 11) is 6.08. The molecule has 0 aliphatic carbocycles. The van der Waals surface area contributed by atoms with E-state index in [0.717, 1.165) is 55.4 Å². The normalized spacial score (nSPS) is 19.8. The number of aliphatic imine (C=N–C) groups is 1. The minimum Gasteiger partial charge on any atom is -0.361 e. The molecule has 1 aromatic carbocycles. The van der Waals surface area contributed by atoms with Crippen LogP contribution in [0.25, 0.3) is 0 Å². The van der Waals surface area contributed by atoms with Gasteiger partial charge in [-0.1, -0.05) is 23.2 Å². The number of halogens is 2. The standard InChI is InChI=1S/C21H26Cl2N6/c1-28(2)19-5-4-15(26-27-19)13-24-20-21(6-8-29(3)9-7-21)12-14-10-16(22)17(23)11-18(14)25-20/h4-5,10-11H,6-9,12-13H2,1-3H3,(H,24,25). The number of nitrogens with zero attached hydrogens (tertiary/aromatic N) is 5. The molecule has 154 valence electrons. The number of amidine groups is 1. The summed E-state index contributed by atoms with van der Waals surface area (Å²) in [6.07, 6.45) is 3.03. The van der Waals surface area contributed by atoms with Gasteiger partial charge in [0, 0.05) is 25.2 Å². The van der Waals surface area contributed by atoms with Gasteiger partial charge in [0.2, 0.25) is 0 Å². The number of hydrogen-bond donors (Lipinski definition) is 1. The first-order valence-corrected chi connectivity index (χ1v) is 10.6. The molecule has 1 saturated heterocycles. The van der Waals surface area contributed by atoms with Gasteiger partial charge in [0.25, 0.3) is 0 Å². The van der Waals surface area contributed by atoms with Gasteiger partial charge in [-0.05, 0) is 69.2 Å². The van der Waals surface area contributed by atoms with Gasteiger partial charge in [-0.2, -0.15) is 5.10 Å². The fourth-order valence-corrected chi connectivity index (χ4v) is 4.41. The Labute approximate surface area is 181 Å². The van der Waals surface area contributed by atoms with Crippen molar-refractivity contribution < 1.29 is 0 Å². The fraction of sp³-hybridized carbons (Fsp3) is 0.476. The molecule has 1 N–H and O–H groups in total. The second-order valence-electron chi connectivity index (χ2n) is 8.25. The Morgan fingerprint density at radius 2 is 1.86 bits per heavy atom. The molecule has 4 rings (SSSR count). The third-order valence-electron chi connectivity index (χ3n) is 5.94. The highest BCUT2D eigenvalue weighted by molar-refractivity contribution is 6.42. The van der Waals surface area contributed by atoms with E-state index in [-0.39, 0.29) is 5.41 Å². The fourth-order valence-electron chi connectivity index (χ4n) is 4.06. The van der Waals surface area contributed by atoms with Gasteiger partial charge in [0.05, 0.1) is 22.3 Å². The summed E-state index contributed by atoms with van der Waals surface area (Å²) in [5, 5.41) is 13.3. The monoisotopic (exact) mass is 432 g/mol. The summed E-state index contributed by atoms with van der Waals surface area (Å²) in [5.41, 5.74) is 3.05. The Morgan fingerprint density at radius 1 is 1.14 bits per heavy atom. The molecule has 2 aliphatic heterocycles. The Balaban J connectivity index is 1.64. The molecule has 1 aromatic heterocycles. The predicted octanol–water partition coefficient (Wildman–Crippen LogP) is 4.13. The minimum atomic E-state index is -0.00628. The minimum absolute atomic E-state index is 0.00628. The molecule has 2 aromatic rings. The van der Waals surface area contributed by atoms with Crippen LogP contribution in [0.5, 0.6) is 0 Å². The third-order valence-corrected chi connectivity index (χ3v) is 6.66. The number of rotatable bonds is 3. The average molecular weight is 433 g/mol. The van der Waals surface area contributed by atoms with Crippen LogP contribution >= 0.6 is 23.2 Å². The van der Waals surface area contributed by atoms with Crippen molar-refractivity contribution in [3.63, 3.8) is 0 Å². The third kappa shape index (κ3) is 4.20. The molecule has 1 fully saturated rings. The van der Waals surface area contributed by atoms with E-state index in [1.807, 2.05) is 43.3 Å². The van der Waals surface area contributed by atoms with E-state index in [1.165, 1.54) is 5.56 Å². The first kappa shape index (κ1) is 20.4. The highest BCUT2D eigenvalue weighted by Gasteiger charge is 2.42. The number of benzene rings is 1. The van der Waals surface area contributed by atoms with Crippen molar-refractivity contribution in [2.75, 3.05) is 44.4 Å². The zero-order valence-corrected chi connectivity index (χ0v) is 18.6. The van der Waals surface area contributed by atoms with Crippen molar-refractivity contribution in [2.45, 2.75) is 25.8 Å². The van der Waals surface area contributed by atoms with E-state index in [2.05, 4.69) is 27.5 Å². The topological polar surface area (TPSA) is 56.6 Å². The molecule has 0 saturated carbocycles. The van der Waals surface area contributed by atoms with E-state index in [9.17, 15) is 0 Å². The molecule has 8 heteroatoms. The lowest BCUT2D eigenvalue weighted by Gasteiger charge is -2.45. The molecule has 1 spiro atoms. The van der Waals surface area contributed by atoms with Gasteiger partial charge in [0.1, 0.15) is 5.84 Å². The zero-order valence-electron chi connectivity index (χ0n) is 17.0. The Kier molecular flexibility index (Phi) is 5.69. The van der Waals surface area contributed by atoms with Crippen LogP contribution < -0.4 is 10.2 Å². The van der Waals surface area contributed by atoms with Crippen LogP contribution in [0.15, 0.2) is 29.3 Å². The number of fused-ring (bicyclic) bond motifs is 1. The second-order valence-corrected chi connectivity index (χ2v) is 9.07. The number of piperidine rings is 1. The van der Waals surface area contributed by atoms with Crippen molar-refractivity contribution in [2.24, 2.45) is 10.4 Å². The molecule has 6 nitrogen and oxygen atoms in total. The molecular weight excluding hydrogens is 407 g/mol. The lowest BCUT2D eigenvalue weighted by atomic mass is 9.70. The molecule has 3 heterocycles. The molecule has 2 aliphatic rings. The first-order valence-electron chi connectivity index (χ1n) is 9.85. The number of likely N-dealkylation sites (tertiary alicyclic amines) is 1. The van der Waals surface area contributed by atoms with Gasteiger partial charge in [0.15, 0.2) is 5.82 Å².